The Hall–Kier alpha value is 0.110. The molecule has 0 atom stereocenters. The van der Waals surface area contributed by atoms with E-state index in [1.165, 1.54) is 12.8 Å². The van der Waals surface area contributed by atoms with Gasteiger partial charge in [0.2, 0.25) is 0 Å². The monoisotopic (exact) mass is 275 g/mol. The molecule has 0 spiro atoms. The highest BCUT2D eigenvalue weighted by Gasteiger charge is 2.41. The molecule has 1 aliphatic carbocycles. The van der Waals surface area contributed by atoms with Crippen LogP contribution in [0, 0.1) is 0 Å². The van der Waals surface area contributed by atoms with Crippen molar-refractivity contribution in [3.63, 3.8) is 0 Å². The van der Waals surface area contributed by atoms with E-state index in [1.54, 1.807) is 6.07 Å². The number of hydrogen-bond acceptors (Lipinski definition) is 2. The van der Waals surface area contributed by atoms with Crippen LogP contribution in [0.4, 0.5) is 0 Å². The van der Waals surface area contributed by atoms with Crippen LogP contribution in [0.2, 0.25) is 10.0 Å². The van der Waals surface area contributed by atoms with E-state index in [9.17, 15) is 0 Å². The first-order valence-electron chi connectivity index (χ1n) is 5.35. The average Bonchev–Trinajstić information content (AvgIpc) is 3.02. The normalized spacial score (nSPS) is 17.4. The van der Waals surface area contributed by atoms with Crippen LogP contribution in [0.3, 0.4) is 0 Å². The summed E-state index contributed by atoms with van der Waals surface area (Å²) in [4.78, 5) is 0. The molecule has 0 radical (unpaired) electrons. The Morgan fingerprint density at radius 3 is 2.69 bits per heavy atom. The third kappa shape index (κ3) is 3.07. The average molecular weight is 276 g/mol. The molecular formula is C12H15Cl2NS. The first kappa shape index (κ1) is 12.6. The summed E-state index contributed by atoms with van der Waals surface area (Å²) in [6, 6.07) is 5.66. The molecule has 1 N–H and O–H groups in total. The van der Waals surface area contributed by atoms with Crippen LogP contribution in [-0.4, -0.2) is 17.5 Å². The van der Waals surface area contributed by atoms with Crippen molar-refractivity contribution in [2.75, 3.05) is 12.8 Å². The van der Waals surface area contributed by atoms with Gasteiger partial charge in [0.15, 0.2) is 0 Å². The quantitative estimate of drug-likeness (QED) is 0.873. The molecule has 1 saturated carbocycles. The molecule has 2 rings (SSSR count). The second kappa shape index (κ2) is 5.18. The Morgan fingerprint density at radius 1 is 1.38 bits per heavy atom. The van der Waals surface area contributed by atoms with Gasteiger partial charge in [-0.3, -0.25) is 0 Å². The zero-order valence-corrected chi connectivity index (χ0v) is 11.6. The second-order valence-corrected chi connectivity index (χ2v) is 6.34. The fourth-order valence-corrected chi connectivity index (χ4v) is 2.91. The lowest BCUT2D eigenvalue weighted by atomic mass is 10.2. The number of nitrogens with one attached hydrogen (secondary N) is 1. The van der Waals surface area contributed by atoms with Gasteiger partial charge in [0.25, 0.3) is 0 Å². The number of rotatable bonds is 5. The van der Waals surface area contributed by atoms with Gasteiger partial charge in [0, 0.05) is 27.9 Å². The molecule has 0 aromatic heterocycles. The molecule has 0 unspecified atom stereocenters. The maximum absolute atomic E-state index is 6.10. The van der Waals surface area contributed by atoms with E-state index in [0.717, 1.165) is 23.7 Å². The molecule has 88 valence electrons. The van der Waals surface area contributed by atoms with Crippen LogP contribution >= 0.6 is 35.0 Å². The number of halogens is 2. The van der Waals surface area contributed by atoms with E-state index in [2.05, 4.69) is 11.6 Å². The van der Waals surface area contributed by atoms with Gasteiger partial charge in [-0.1, -0.05) is 29.3 Å². The van der Waals surface area contributed by atoms with Crippen molar-refractivity contribution in [3.05, 3.63) is 33.8 Å². The molecule has 16 heavy (non-hydrogen) atoms. The predicted octanol–water partition coefficient (Wildman–Crippen LogP) is 3.98. The Morgan fingerprint density at radius 2 is 2.12 bits per heavy atom. The minimum absolute atomic E-state index is 0.499. The van der Waals surface area contributed by atoms with Crippen molar-refractivity contribution in [1.29, 1.82) is 0 Å². The third-order valence-corrected chi connectivity index (χ3v) is 5.02. The molecule has 0 saturated heterocycles. The van der Waals surface area contributed by atoms with Crippen molar-refractivity contribution < 1.29 is 0 Å². The maximum atomic E-state index is 6.10. The van der Waals surface area contributed by atoms with Crippen molar-refractivity contribution in [3.8, 4) is 0 Å². The highest BCUT2D eigenvalue weighted by Crippen LogP contribution is 2.46. The Labute approximate surface area is 111 Å². The highest BCUT2D eigenvalue weighted by atomic mass is 35.5. The minimum Gasteiger partial charge on any atom is -0.311 e. The summed E-state index contributed by atoms with van der Waals surface area (Å²) in [7, 11) is 0. The molecule has 1 aliphatic rings. The lowest BCUT2D eigenvalue weighted by Crippen LogP contribution is -2.25. The van der Waals surface area contributed by atoms with E-state index in [1.807, 2.05) is 23.9 Å². The third-order valence-electron chi connectivity index (χ3n) is 3.02. The smallest absolute Gasteiger partial charge is 0.0465 e. The Bertz CT molecular complexity index is 377. The van der Waals surface area contributed by atoms with Crippen molar-refractivity contribution >= 4 is 35.0 Å². The molecule has 0 amide bonds. The van der Waals surface area contributed by atoms with Gasteiger partial charge in [0.1, 0.15) is 0 Å². The van der Waals surface area contributed by atoms with Gasteiger partial charge in [-0.15, -0.1) is 0 Å². The largest absolute Gasteiger partial charge is 0.311 e. The van der Waals surface area contributed by atoms with Gasteiger partial charge in [-0.2, -0.15) is 11.8 Å². The summed E-state index contributed by atoms with van der Waals surface area (Å²) in [5.74, 6) is 0. The van der Waals surface area contributed by atoms with Crippen LogP contribution in [0.1, 0.15) is 18.4 Å². The van der Waals surface area contributed by atoms with Crippen LogP contribution in [0.5, 0.6) is 0 Å². The van der Waals surface area contributed by atoms with E-state index in [-0.39, 0.29) is 0 Å². The Balaban J connectivity index is 1.85. The minimum atomic E-state index is 0.499. The predicted molar refractivity (Wildman–Crippen MR) is 73.6 cm³/mol. The fourth-order valence-electron chi connectivity index (χ4n) is 1.68. The summed E-state index contributed by atoms with van der Waals surface area (Å²) in [5, 5.41) is 4.90. The molecule has 1 fully saturated rings. The maximum Gasteiger partial charge on any atom is 0.0465 e. The van der Waals surface area contributed by atoms with Gasteiger partial charge in [0.05, 0.1) is 0 Å². The lowest BCUT2D eigenvalue weighted by Gasteiger charge is -2.13. The first-order chi connectivity index (χ1) is 7.65. The second-order valence-electron chi connectivity index (χ2n) is 4.23. The van der Waals surface area contributed by atoms with Gasteiger partial charge >= 0.3 is 0 Å². The standard InChI is InChI=1S/C12H15Cl2NS/c1-16-12(4-5-12)8-15-7-9-2-3-10(13)6-11(9)14/h2-3,6,15H,4-5,7-8H2,1H3. The first-order valence-corrected chi connectivity index (χ1v) is 7.33. The lowest BCUT2D eigenvalue weighted by molar-refractivity contribution is 0.663. The van der Waals surface area contributed by atoms with E-state index in [4.69, 9.17) is 23.2 Å². The van der Waals surface area contributed by atoms with Crippen molar-refractivity contribution in [1.82, 2.24) is 5.32 Å². The van der Waals surface area contributed by atoms with Crippen LogP contribution < -0.4 is 5.32 Å². The molecule has 1 nitrogen and oxygen atoms in total. The zero-order chi connectivity index (χ0) is 11.6. The summed E-state index contributed by atoms with van der Waals surface area (Å²) in [5.41, 5.74) is 1.11. The number of hydrogen-bond donors (Lipinski definition) is 1. The summed E-state index contributed by atoms with van der Waals surface area (Å²) >= 11 is 13.9. The zero-order valence-electron chi connectivity index (χ0n) is 9.22. The molecule has 0 bridgehead atoms. The van der Waals surface area contributed by atoms with Gasteiger partial charge < -0.3 is 5.32 Å². The van der Waals surface area contributed by atoms with Crippen molar-refractivity contribution in [2.24, 2.45) is 0 Å². The SMILES string of the molecule is CSC1(CNCc2ccc(Cl)cc2Cl)CC1. The van der Waals surface area contributed by atoms with E-state index >= 15 is 0 Å². The molecule has 1 aromatic carbocycles. The highest BCUT2D eigenvalue weighted by molar-refractivity contribution is 8.00. The molecule has 1 aromatic rings. The summed E-state index contributed by atoms with van der Waals surface area (Å²) in [6.45, 7) is 1.88. The van der Waals surface area contributed by atoms with Gasteiger partial charge in [-0.25, -0.2) is 0 Å². The molecule has 0 aliphatic heterocycles. The number of benzene rings is 1. The van der Waals surface area contributed by atoms with E-state index < -0.39 is 0 Å². The summed E-state index contributed by atoms with van der Waals surface area (Å²) in [6.07, 6.45) is 4.84. The van der Waals surface area contributed by atoms with Crippen molar-refractivity contribution in [2.45, 2.75) is 24.1 Å². The topological polar surface area (TPSA) is 12.0 Å². The number of thioether (sulfide) groups is 1. The molecular weight excluding hydrogens is 261 g/mol. The van der Waals surface area contributed by atoms with E-state index in [0.29, 0.717) is 9.77 Å². The van der Waals surface area contributed by atoms with Crippen LogP contribution in [0.15, 0.2) is 18.2 Å². The molecule has 0 heterocycles. The van der Waals surface area contributed by atoms with Crippen LogP contribution in [0.25, 0.3) is 0 Å². The fraction of sp³-hybridized carbons (Fsp3) is 0.500. The molecule has 4 heteroatoms. The van der Waals surface area contributed by atoms with Crippen LogP contribution in [-0.2, 0) is 6.54 Å². The Kier molecular flexibility index (Phi) is 4.06. The summed E-state index contributed by atoms with van der Waals surface area (Å²) < 4.78 is 0.499. The van der Waals surface area contributed by atoms with Gasteiger partial charge in [-0.05, 0) is 36.8 Å².